The molecule has 1 aliphatic heterocycles. The van der Waals surface area contributed by atoms with Gasteiger partial charge in [0.05, 0.1) is 12.5 Å². The molecule has 1 rings (SSSR count). The Balaban J connectivity index is 0.00000121. The highest BCUT2D eigenvalue weighted by atomic mass is 16.4. The second kappa shape index (κ2) is 4.03. The third kappa shape index (κ3) is 2.48. The third-order valence-electron chi connectivity index (χ3n) is 1.52. The molecule has 0 saturated carbocycles. The van der Waals surface area contributed by atoms with Crippen LogP contribution in [0.15, 0.2) is 0 Å². The van der Waals surface area contributed by atoms with Crippen molar-refractivity contribution in [3.63, 3.8) is 0 Å². The minimum atomic E-state index is -1.05. The van der Waals surface area contributed by atoms with Gasteiger partial charge < -0.3 is 20.6 Å². The number of aliphatic carboxylic acids is 1. The molecular weight excluding hydrogens is 166 g/mol. The summed E-state index contributed by atoms with van der Waals surface area (Å²) in [6, 6.07) is 0. The number of amides is 1. The molecule has 1 atom stereocenters. The molecule has 1 heterocycles. The Morgan fingerprint density at radius 2 is 2.25 bits per heavy atom. The summed E-state index contributed by atoms with van der Waals surface area (Å²) in [6.45, 7) is -0.166. The summed E-state index contributed by atoms with van der Waals surface area (Å²) in [7, 11) is 0. The summed E-state index contributed by atoms with van der Waals surface area (Å²) in [4.78, 5) is 22.1. The van der Waals surface area contributed by atoms with Gasteiger partial charge in [-0.3, -0.25) is 9.59 Å². The molecule has 0 bridgehead atoms. The lowest BCUT2D eigenvalue weighted by Crippen LogP contribution is -2.31. The van der Waals surface area contributed by atoms with E-state index in [2.05, 4.69) is 0 Å². The monoisotopic (exact) mass is 177 g/mol. The molecule has 6 heteroatoms. The molecule has 0 aromatic carbocycles. The van der Waals surface area contributed by atoms with Gasteiger partial charge in [0.25, 0.3) is 0 Å². The minimum absolute atomic E-state index is 0. The summed E-state index contributed by atoms with van der Waals surface area (Å²) < 4.78 is 0. The van der Waals surface area contributed by atoms with Crippen LogP contribution >= 0.6 is 0 Å². The van der Waals surface area contributed by atoms with Crippen molar-refractivity contribution in [1.29, 1.82) is 0 Å². The van der Waals surface area contributed by atoms with E-state index in [-0.39, 0.29) is 30.9 Å². The highest BCUT2D eigenvalue weighted by molar-refractivity contribution is 5.83. The van der Waals surface area contributed by atoms with Crippen molar-refractivity contribution in [3.8, 4) is 0 Å². The Kier molecular flexibility index (Phi) is 3.65. The molecule has 0 radical (unpaired) electrons. The van der Waals surface area contributed by atoms with Gasteiger partial charge in [0.1, 0.15) is 6.54 Å². The summed E-state index contributed by atoms with van der Waals surface area (Å²) in [5.74, 6) is -1.34. The maximum Gasteiger partial charge on any atom is 0.323 e. The molecule has 0 aromatic rings. The lowest BCUT2D eigenvalue weighted by atomic mass is 10.3. The molecule has 12 heavy (non-hydrogen) atoms. The predicted octanol–water partition coefficient (Wildman–Crippen LogP) is -2.16. The molecular formula is C6H11NO5. The molecule has 0 unspecified atom stereocenters. The van der Waals surface area contributed by atoms with E-state index < -0.39 is 12.1 Å². The first-order chi connectivity index (χ1) is 5.09. The first-order valence-electron chi connectivity index (χ1n) is 3.27. The van der Waals surface area contributed by atoms with Crippen LogP contribution in [0, 0.1) is 0 Å². The highest BCUT2D eigenvalue weighted by Gasteiger charge is 2.28. The summed E-state index contributed by atoms with van der Waals surface area (Å²) >= 11 is 0. The summed E-state index contributed by atoms with van der Waals surface area (Å²) in [6.07, 6.45) is -0.644. The number of carboxylic acids is 1. The molecule has 1 saturated heterocycles. The summed E-state index contributed by atoms with van der Waals surface area (Å²) in [5.41, 5.74) is 0. The first-order valence-corrected chi connectivity index (χ1v) is 3.27. The highest BCUT2D eigenvalue weighted by Crippen LogP contribution is 2.09. The van der Waals surface area contributed by atoms with Crippen LogP contribution < -0.4 is 0 Å². The van der Waals surface area contributed by atoms with E-state index in [1.807, 2.05) is 0 Å². The molecule has 0 aliphatic carbocycles. The Morgan fingerprint density at radius 3 is 2.58 bits per heavy atom. The van der Waals surface area contributed by atoms with Crippen molar-refractivity contribution in [2.24, 2.45) is 0 Å². The lowest BCUT2D eigenvalue weighted by molar-refractivity contribution is -0.142. The van der Waals surface area contributed by atoms with Crippen LogP contribution in [-0.4, -0.2) is 51.7 Å². The third-order valence-corrected chi connectivity index (χ3v) is 1.52. The van der Waals surface area contributed by atoms with E-state index in [1.165, 1.54) is 0 Å². The van der Waals surface area contributed by atoms with Crippen molar-refractivity contribution in [2.45, 2.75) is 12.5 Å². The summed E-state index contributed by atoms with van der Waals surface area (Å²) in [5, 5.41) is 17.2. The van der Waals surface area contributed by atoms with Crippen molar-refractivity contribution < 1.29 is 25.3 Å². The second-order valence-electron chi connectivity index (χ2n) is 2.53. The van der Waals surface area contributed by atoms with Gasteiger partial charge in [0.2, 0.25) is 5.91 Å². The predicted molar refractivity (Wildman–Crippen MR) is 38.5 cm³/mol. The molecule has 0 aromatic heterocycles. The number of hydrogen-bond donors (Lipinski definition) is 2. The maximum atomic E-state index is 10.8. The van der Waals surface area contributed by atoms with Gasteiger partial charge in [0.15, 0.2) is 0 Å². The van der Waals surface area contributed by atoms with Crippen LogP contribution in [0.3, 0.4) is 0 Å². The molecule has 0 spiro atoms. The SMILES string of the molecule is O.O=C(O)CN1C[C@@H](O)CC1=O. The Labute approximate surface area is 68.7 Å². The number of aliphatic hydroxyl groups excluding tert-OH is 1. The zero-order chi connectivity index (χ0) is 8.43. The number of aliphatic hydroxyl groups is 1. The smallest absolute Gasteiger partial charge is 0.323 e. The van der Waals surface area contributed by atoms with Gasteiger partial charge in [-0.25, -0.2) is 0 Å². The topological polar surface area (TPSA) is 109 Å². The van der Waals surface area contributed by atoms with Gasteiger partial charge in [-0.1, -0.05) is 0 Å². The fourth-order valence-electron chi connectivity index (χ4n) is 1.07. The Bertz CT molecular complexity index is 192. The van der Waals surface area contributed by atoms with Crippen LogP contribution in [0.1, 0.15) is 6.42 Å². The number of likely N-dealkylation sites (tertiary alicyclic amines) is 1. The van der Waals surface area contributed by atoms with Gasteiger partial charge in [-0.15, -0.1) is 0 Å². The fraction of sp³-hybridized carbons (Fsp3) is 0.667. The van der Waals surface area contributed by atoms with Crippen molar-refractivity contribution >= 4 is 11.9 Å². The van der Waals surface area contributed by atoms with E-state index in [0.29, 0.717) is 0 Å². The van der Waals surface area contributed by atoms with Crippen LogP contribution in [0.5, 0.6) is 0 Å². The molecule has 6 nitrogen and oxygen atoms in total. The number of β-amino-alcohol motifs (C(OH)–C–C–N with tert-alkyl or cyclic N) is 1. The van der Waals surface area contributed by atoms with Crippen LogP contribution in [0.2, 0.25) is 0 Å². The fourth-order valence-corrected chi connectivity index (χ4v) is 1.07. The lowest BCUT2D eigenvalue weighted by Gasteiger charge is -2.11. The zero-order valence-electron chi connectivity index (χ0n) is 6.36. The number of carbonyl (C=O) groups excluding carboxylic acids is 1. The van der Waals surface area contributed by atoms with E-state index in [4.69, 9.17) is 10.2 Å². The van der Waals surface area contributed by atoms with Gasteiger partial charge in [-0.2, -0.15) is 0 Å². The Morgan fingerprint density at radius 1 is 1.67 bits per heavy atom. The molecule has 1 aliphatic rings. The van der Waals surface area contributed by atoms with E-state index in [0.717, 1.165) is 4.90 Å². The normalized spacial score (nSPS) is 22.2. The van der Waals surface area contributed by atoms with E-state index in [1.54, 1.807) is 0 Å². The average Bonchev–Trinajstić information content (AvgIpc) is 2.09. The van der Waals surface area contributed by atoms with E-state index >= 15 is 0 Å². The van der Waals surface area contributed by atoms with Crippen LogP contribution in [-0.2, 0) is 9.59 Å². The molecule has 1 fully saturated rings. The standard InChI is InChI=1S/C6H9NO4.H2O/c8-4-1-5(9)7(2-4)3-6(10)11;/h4,8H,1-3H2,(H,10,11);1H2/t4-;/m0./s1. The van der Waals surface area contributed by atoms with Gasteiger partial charge >= 0.3 is 5.97 Å². The molecule has 1 amide bonds. The maximum absolute atomic E-state index is 10.8. The number of rotatable bonds is 2. The van der Waals surface area contributed by atoms with Crippen molar-refractivity contribution in [1.82, 2.24) is 4.90 Å². The number of carboxylic acid groups (broad SMARTS) is 1. The van der Waals surface area contributed by atoms with E-state index in [9.17, 15) is 9.59 Å². The van der Waals surface area contributed by atoms with Crippen LogP contribution in [0.4, 0.5) is 0 Å². The quantitative estimate of drug-likeness (QED) is 0.500. The number of nitrogens with zero attached hydrogens (tertiary/aromatic N) is 1. The van der Waals surface area contributed by atoms with Gasteiger partial charge in [-0.05, 0) is 0 Å². The molecule has 4 N–H and O–H groups in total. The second-order valence-corrected chi connectivity index (χ2v) is 2.53. The van der Waals surface area contributed by atoms with Gasteiger partial charge in [0, 0.05) is 6.54 Å². The average molecular weight is 177 g/mol. The van der Waals surface area contributed by atoms with Crippen molar-refractivity contribution in [2.75, 3.05) is 13.1 Å². The molecule has 70 valence electrons. The minimum Gasteiger partial charge on any atom is -0.480 e. The Hall–Kier alpha value is -1.14. The first kappa shape index (κ1) is 10.9. The van der Waals surface area contributed by atoms with Crippen LogP contribution in [0.25, 0.3) is 0 Å². The number of carbonyl (C=O) groups is 2. The van der Waals surface area contributed by atoms with Crippen molar-refractivity contribution in [3.05, 3.63) is 0 Å². The number of hydrogen-bond acceptors (Lipinski definition) is 3. The zero-order valence-corrected chi connectivity index (χ0v) is 6.36. The largest absolute Gasteiger partial charge is 0.480 e.